The van der Waals surface area contributed by atoms with E-state index in [2.05, 4.69) is 12.2 Å². The number of anilines is 1. The van der Waals surface area contributed by atoms with Crippen molar-refractivity contribution in [1.29, 1.82) is 0 Å². The maximum absolute atomic E-state index is 12.8. The Kier molecular flexibility index (Phi) is 7.51. The van der Waals surface area contributed by atoms with E-state index in [0.717, 1.165) is 23.3 Å². The Morgan fingerprint density at radius 2 is 1.91 bits per heavy atom. The van der Waals surface area contributed by atoms with Crippen LogP contribution in [0, 0.1) is 11.8 Å². The Hall–Kier alpha value is -3.35. The monoisotopic (exact) mass is 437 g/mol. The molecule has 0 radical (unpaired) electrons. The zero-order valence-electron chi connectivity index (χ0n) is 19.3. The Labute approximate surface area is 189 Å². The van der Waals surface area contributed by atoms with Crippen molar-refractivity contribution in [3.8, 4) is 11.5 Å². The lowest BCUT2D eigenvalue weighted by Crippen LogP contribution is -2.36. The van der Waals surface area contributed by atoms with Gasteiger partial charge in [-0.05, 0) is 42.3 Å². The van der Waals surface area contributed by atoms with Gasteiger partial charge in [-0.25, -0.2) is 5.01 Å². The quantitative estimate of drug-likeness (QED) is 0.661. The molecule has 0 bridgehead atoms. The standard InChI is InChI=1S/C25H31N3O4/c1-6-18-14-23(29)28(15-17-8-7-9-20(12-17)26-25(30)16(2)3)27-24(18)19-10-11-21(31-4)22(13-19)32-5/h7-13,16,18H,6,14-15H2,1-5H3,(H,26,30). The lowest BCUT2D eigenvalue weighted by molar-refractivity contribution is -0.133. The number of ether oxygens (including phenoxy) is 2. The summed E-state index contributed by atoms with van der Waals surface area (Å²) in [6.45, 7) is 6.09. The van der Waals surface area contributed by atoms with Crippen LogP contribution in [-0.2, 0) is 16.1 Å². The van der Waals surface area contributed by atoms with Crippen molar-refractivity contribution in [2.24, 2.45) is 16.9 Å². The molecule has 1 heterocycles. The Bertz CT molecular complexity index is 1020. The van der Waals surface area contributed by atoms with Crippen LogP contribution < -0.4 is 14.8 Å². The SMILES string of the molecule is CCC1CC(=O)N(Cc2cccc(NC(=O)C(C)C)c2)N=C1c1ccc(OC)c(OC)c1. The third-order valence-electron chi connectivity index (χ3n) is 5.55. The Balaban J connectivity index is 1.89. The van der Waals surface area contributed by atoms with Crippen LogP contribution in [0.5, 0.6) is 11.5 Å². The molecule has 3 rings (SSSR count). The first-order valence-corrected chi connectivity index (χ1v) is 10.9. The van der Waals surface area contributed by atoms with E-state index in [0.29, 0.717) is 30.2 Å². The highest BCUT2D eigenvalue weighted by molar-refractivity contribution is 6.06. The van der Waals surface area contributed by atoms with E-state index in [9.17, 15) is 9.59 Å². The molecule has 2 aromatic carbocycles. The number of benzene rings is 2. The second kappa shape index (κ2) is 10.3. The fraction of sp³-hybridized carbons (Fsp3) is 0.400. The van der Waals surface area contributed by atoms with Gasteiger partial charge < -0.3 is 14.8 Å². The number of rotatable bonds is 8. The highest BCUT2D eigenvalue weighted by Crippen LogP contribution is 2.31. The summed E-state index contributed by atoms with van der Waals surface area (Å²) >= 11 is 0. The van der Waals surface area contributed by atoms with Crippen molar-refractivity contribution in [3.05, 3.63) is 53.6 Å². The summed E-state index contributed by atoms with van der Waals surface area (Å²) in [6.07, 6.45) is 1.21. The van der Waals surface area contributed by atoms with Crippen LogP contribution in [0.1, 0.15) is 44.7 Å². The number of amides is 2. The van der Waals surface area contributed by atoms with Gasteiger partial charge >= 0.3 is 0 Å². The lowest BCUT2D eigenvalue weighted by Gasteiger charge is -2.29. The number of nitrogens with zero attached hydrogens (tertiary/aromatic N) is 2. The van der Waals surface area contributed by atoms with Gasteiger partial charge in [-0.15, -0.1) is 0 Å². The van der Waals surface area contributed by atoms with Crippen LogP contribution >= 0.6 is 0 Å². The van der Waals surface area contributed by atoms with Gasteiger partial charge in [0.2, 0.25) is 11.8 Å². The van der Waals surface area contributed by atoms with Gasteiger partial charge in [-0.3, -0.25) is 9.59 Å². The average molecular weight is 438 g/mol. The minimum absolute atomic E-state index is 0.0160. The molecular weight excluding hydrogens is 406 g/mol. The molecule has 7 heteroatoms. The Morgan fingerprint density at radius 3 is 2.56 bits per heavy atom. The first-order valence-electron chi connectivity index (χ1n) is 10.9. The van der Waals surface area contributed by atoms with E-state index in [-0.39, 0.29) is 23.7 Å². The van der Waals surface area contributed by atoms with Crippen LogP contribution in [0.2, 0.25) is 0 Å². The molecule has 1 aliphatic rings. The molecule has 1 N–H and O–H groups in total. The van der Waals surface area contributed by atoms with Gasteiger partial charge in [-0.2, -0.15) is 5.10 Å². The number of nitrogens with one attached hydrogen (secondary N) is 1. The van der Waals surface area contributed by atoms with Crippen molar-refractivity contribution in [2.45, 2.75) is 40.2 Å². The zero-order valence-corrected chi connectivity index (χ0v) is 19.3. The normalized spacial score (nSPS) is 16.1. The topological polar surface area (TPSA) is 80.2 Å². The molecule has 1 unspecified atom stereocenters. The van der Waals surface area contributed by atoms with Crippen molar-refractivity contribution in [2.75, 3.05) is 19.5 Å². The van der Waals surface area contributed by atoms with Gasteiger partial charge in [0.15, 0.2) is 11.5 Å². The van der Waals surface area contributed by atoms with Crippen molar-refractivity contribution < 1.29 is 19.1 Å². The van der Waals surface area contributed by atoms with E-state index < -0.39 is 0 Å². The van der Waals surface area contributed by atoms with Gasteiger partial charge in [0.1, 0.15) is 0 Å². The predicted molar refractivity (Wildman–Crippen MR) is 125 cm³/mol. The van der Waals surface area contributed by atoms with E-state index in [1.807, 2.05) is 56.3 Å². The molecule has 170 valence electrons. The minimum Gasteiger partial charge on any atom is -0.493 e. The summed E-state index contributed by atoms with van der Waals surface area (Å²) in [4.78, 5) is 24.8. The predicted octanol–water partition coefficient (Wildman–Crippen LogP) is 4.46. The molecule has 0 aromatic heterocycles. The molecule has 0 saturated heterocycles. The third kappa shape index (κ3) is 5.28. The molecule has 0 aliphatic carbocycles. The van der Waals surface area contributed by atoms with Crippen molar-refractivity contribution in [3.63, 3.8) is 0 Å². The summed E-state index contributed by atoms with van der Waals surface area (Å²) in [7, 11) is 3.20. The molecule has 2 amide bonds. The number of hydrazone groups is 1. The van der Waals surface area contributed by atoms with Crippen molar-refractivity contribution >= 4 is 23.2 Å². The van der Waals surface area contributed by atoms with E-state index in [4.69, 9.17) is 14.6 Å². The van der Waals surface area contributed by atoms with Crippen LogP contribution in [0.3, 0.4) is 0 Å². The first kappa shape index (κ1) is 23.3. The summed E-state index contributed by atoms with van der Waals surface area (Å²) in [6, 6.07) is 13.2. The van der Waals surface area contributed by atoms with Crippen LogP contribution in [0.4, 0.5) is 5.69 Å². The molecule has 7 nitrogen and oxygen atoms in total. The van der Waals surface area contributed by atoms with Gasteiger partial charge in [0.25, 0.3) is 0 Å². The molecule has 0 spiro atoms. The first-order chi connectivity index (χ1) is 15.4. The van der Waals surface area contributed by atoms with Gasteiger partial charge in [0.05, 0.1) is 26.5 Å². The second-order valence-corrected chi connectivity index (χ2v) is 8.16. The lowest BCUT2D eigenvalue weighted by atomic mass is 9.89. The summed E-state index contributed by atoms with van der Waals surface area (Å²) in [5.74, 6) is 1.14. The molecule has 2 aromatic rings. The van der Waals surface area contributed by atoms with E-state index in [1.54, 1.807) is 14.2 Å². The summed E-state index contributed by atoms with van der Waals surface area (Å²) in [5.41, 5.74) is 3.37. The molecular formula is C25H31N3O4. The largest absolute Gasteiger partial charge is 0.493 e. The highest BCUT2D eigenvalue weighted by Gasteiger charge is 2.29. The zero-order chi connectivity index (χ0) is 23.3. The molecule has 32 heavy (non-hydrogen) atoms. The van der Waals surface area contributed by atoms with E-state index >= 15 is 0 Å². The van der Waals surface area contributed by atoms with Crippen LogP contribution in [0.25, 0.3) is 0 Å². The fourth-order valence-corrected chi connectivity index (χ4v) is 3.64. The average Bonchev–Trinajstić information content (AvgIpc) is 2.79. The number of carbonyl (C=O) groups is 2. The van der Waals surface area contributed by atoms with Crippen LogP contribution in [-0.4, -0.2) is 36.8 Å². The van der Waals surface area contributed by atoms with Gasteiger partial charge in [0, 0.05) is 29.5 Å². The van der Waals surface area contributed by atoms with E-state index in [1.165, 1.54) is 5.01 Å². The number of methoxy groups -OCH3 is 2. The number of hydrogen-bond acceptors (Lipinski definition) is 5. The summed E-state index contributed by atoms with van der Waals surface area (Å²) < 4.78 is 10.8. The van der Waals surface area contributed by atoms with Crippen molar-refractivity contribution in [1.82, 2.24) is 5.01 Å². The highest BCUT2D eigenvalue weighted by atomic mass is 16.5. The number of carbonyl (C=O) groups excluding carboxylic acids is 2. The molecule has 0 saturated carbocycles. The maximum Gasteiger partial charge on any atom is 0.243 e. The Morgan fingerprint density at radius 1 is 1.16 bits per heavy atom. The summed E-state index contributed by atoms with van der Waals surface area (Å²) in [5, 5.41) is 9.16. The fourth-order valence-electron chi connectivity index (χ4n) is 3.64. The molecule has 1 atom stereocenters. The third-order valence-corrected chi connectivity index (χ3v) is 5.55. The maximum atomic E-state index is 12.8. The molecule has 1 aliphatic heterocycles. The van der Waals surface area contributed by atoms with Crippen LogP contribution in [0.15, 0.2) is 47.6 Å². The second-order valence-electron chi connectivity index (χ2n) is 8.16. The smallest absolute Gasteiger partial charge is 0.243 e. The number of hydrogen-bond donors (Lipinski definition) is 1. The minimum atomic E-state index is -0.109. The molecule has 0 fully saturated rings. The van der Waals surface area contributed by atoms with Gasteiger partial charge in [-0.1, -0.05) is 32.9 Å².